The summed E-state index contributed by atoms with van der Waals surface area (Å²) in [6.45, 7) is 11.0. The van der Waals surface area contributed by atoms with Crippen LogP contribution in [0.4, 0.5) is 0 Å². The van der Waals surface area contributed by atoms with Gasteiger partial charge in [0.1, 0.15) is 0 Å². The van der Waals surface area contributed by atoms with E-state index in [4.69, 9.17) is 0 Å². The number of hydrogen-bond donors (Lipinski definition) is 1. The van der Waals surface area contributed by atoms with Crippen LogP contribution in [-0.2, 0) is 0 Å². The van der Waals surface area contributed by atoms with Crippen LogP contribution in [-0.4, -0.2) is 61.7 Å². The van der Waals surface area contributed by atoms with Crippen molar-refractivity contribution >= 4 is 0 Å². The maximum atomic E-state index is 3.82. The van der Waals surface area contributed by atoms with Gasteiger partial charge in [-0.3, -0.25) is 4.90 Å². The highest BCUT2D eigenvalue weighted by Gasteiger charge is 2.32. The Morgan fingerprint density at radius 3 is 2.74 bits per heavy atom. The Labute approximate surface area is 119 Å². The lowest BCUT2D eigenvalue weighted by atomic mass is 9.82. The molecule has 0 spiro atoms. The first-order valence-electron chi connectivity index (χ1n) is 8.36. The summed E-state index contributed by atoms with van der Waals surface area (Å²) in [5.41, 5.74) is 0. The Morgan fingerprint density at radius 1 is 1.11 bits per heavy atom. The lowest BCUT2D eigenvalue weighted by Gasteiger charge is -2.42. The van der Waals surface area contributed by atoms with Crippen LogP contribution >= 0.6 is 0 Å². The van der Waals surface area contributed by atoms with E-state index < -0.39 is 0 Å². The molecular formula is C16H33N3. The molecule has 3 atom stereocenters. The maximum absolute atomic E-state index is 3.82. The molecule has 19 heavy (non-hydrogen) atoms. The molecule has 3 nitrogen and oxygen atoms in total. The van der Waals surface area contributed by atoms with Crippen molar-refractivity contribution < 1.29 is 0 Å². The Kier molecular flexibility index (Phi) is 6.11. The monoisotopic (exact) mass is 267 g/mol. The molecule has 1 aliphatic carbocycles. The van der Waals surface area contributed by atoms with Gasteiger partial charge in [-0.2, -0.15) is 0 Å². The van der Waals surface area contributed by atoms with Gasteiger partial charge in [-0.05, 0) is 64.7 Å². The summed E-state index contributed by atoms with van der Waals surface area (Å²) in [6, 6.07) is 1.52. The number of nitrogens with one attached hydrogen (secondary N) is 1. The molecule has 1 aliphatic heterocycles. The van der Waals surface area contributed by atoms with Gasteiger partial charge in [0.15, 0.2) is 0 Å². The second-order valence-electron chi connectivity index (χ2n) is 6.74. The molecule has 1 heterocycles. The molecule has 2 rings (SSSR count). The molecule has 1 saturated heterocycles. The molecule has 3 unspecified atom stereocenters. The second-order valence-corrected chi connectivity index (χ2v) is 6.74. The van der Waals surface area contributed by atoms with Gasteiger partial charge in [0.05, 0.1) is 0 Å². The minimum Gasteiger partial charge on any atom is -0.312 e. The second kappa shape index (κ2) is 7.61. The maximum Gasteiger partial charge on any atom is 0.0252 e. The van der Waals surface area contributed by atoms with Gasteiger partial charge < -0.3 is 10.2 Å². The fraction of sp³-hybridized carbons (Fsp3) is 1.00. The SMILES string of the molecule is CCCNC1CCC(C)CC1N1CCCN(C)CC1. The number of rotatable bonds is 4. The minimum absolute atomic E-state index is 0.736. The predicted octanol–water partition coefficient (Wildman–Crippen LogP) is 2.18. The van der Waals surface area contributed by atoms with Crippen molar-refractivity contribution in [3.63, 3.8) is 0 Å². The van der Waals surface area contributed by atoms with Crippen molar-refractivity contribution in [2.75, 3.05) is 39.8 Å². The van der Waals surface area contributed by atoms with Crippen LogP contribution in [0.25, 0.3) is 0 Å². The van der Waals surface area contributed by atoms with E-state index in [1.165, 1.54) is 64.8 Å². The summed E-state index contributed by atoms with van der Waals surface area (Å²) in [6.07, 6.45) is 6.76. The normalized spacial score (nSPS) is 35.2. The van der Waals surface area contributed by atoms with Crippen molar-refractivity contribution in [3.8, 4) is 0 Å². The van der Waals surface area contributed by atoms with E-state index in [2.05, 4.69) is 36.0 Å². The number of nitrogens with zero attached hydrogens (tertiary/aromatic N) is 2. The van der Waals surface area contributed by atoms with E-state index in [0.29, 0.717) is 0 Å². The molecule has 2 fully saturated rings. The molecule has 0 aromatic rings. The first-order valence-corrected chi connectivity index (χ1v) is 8.36. The summed E-state index contributed by atoms with van der Waals surface area (Å²) in [5.74, 6) is 0.908. The highest BCUT2D eigenvalue weighted by Crippen LogP contribution is 2.28. The van der Waals surface area contributed by atoms with E-state index in [-0.39, 0.29) is 0 Å². The molecule has 2 aliphatic rings. The van der Waals surface area contributed by atoms with Crippen LogP contribution in [0.5, 0.6) is 0 Å². The van der Waals surface area contributed by atoms with Gasteiger partial charge in [-0.25, -0.2) is 0 Å². The summed E-state index contributed by atoms with van der Waals surface area (Å²) < 4.78 is 0. The van der Waals surface area contributed by atoms with Crippen LogP contribution in [0.2, 0.25) is 0 Å². The van der Waals surface area contributed by atoms with Crippen LogP contribution < -0.4 is 5.32 Å². The molecule has 112 valence electrons. The van der Waals surface area contributed by atoms with Crippen molar-refractivity contribution in [1.82, 2.24) is 15.1 Å². The van der Waals surface area contributed by atoms with Crippen LogP contribution in [0.3, 0.4) is 0 Å². The van der Waals surface area contributed by atoms with E-state index in [0.717, 1.165) is 18.0 Å². The zero-order valence-corrected chi connectivity index (χ0v) is 13.2. The summed E-state index contributed by atoms with van der Waals surface area (Å²) in [7, 11) is 2.26. The van der Waals surface area contributed by atoms with Crippen molar-refractivity contribution in [2.45, 2.75) is 58.0 Å². The van der Waals surface area contributed by atoms with Crippen molar-refractivity contribution in [2.24, 2.45) is 5.92 Å². The molecule has 0 radical (unpaired) electrons. The average molecular weight is 267 g/mol. The van der Waals surface area contributed by atoms with Gasteiger partial charge in [-0.15, -0.1) is 0 Å². The van der Waals surface area contributed by atoms with Gasteiger partial charge in [0.2, 0.25) is 0 Å². The quantitative estimate of drug-likeness (QED) is 0.842. The zero-order valence-electron chi connectivity index (χ0n) is 13.2. The highest BCUT2D eigenvalue weighted by atomic mass is 15.2. The fourth-order valence-electron chi connectivity index (χ4n) is 3.72. The zero-order chi connectivity index (χ0) is 13.7. The Morgan fingerprint density at radius 2 is 1.95 bits per heavy atom. The smallest absolute Gasteiger partial charge is 0.0252 e. The number of likely N-dealkylation sites (N-methyl/N-ethyl adjacent to an activating group) is 1. The number of hydrogen-bond acceptors (Lipinski definition) is 3. The molecule has 0 bridgehead atoms. The van der Waals surface area contributed by atoms with Crippen LogP contribution in [0.1, 0.15) is 46.0 Å². The van der Waals surface area contributed by atoms with Crippen LogP contribution in [0, 0.1) is 5.92 Å². The van der Waals surface area contributed by atoms with Crippen LogP contribution in [0.15, 0.2) is 0 Å². The Hall–Kier alpha value is -0.120. The molecule has 1 N–H and O–H groups in total. The predicted molar refractivity (Wildman–Crippen MR) is 82.6 cm³/mol. The molecule has 0 aromatic carbocycles. The molecule has 1 saturated carbocycles. The lowest BCUT2D eigenvalue weighted by Crippen LogP contribution is -2.54. The molecule has 0 aromatic heterocycles. The third-order valence-corrected chi connectivity index (χ3v) is 4.96. The summed E-state index contributed by atoms with van der Waals surface area (Å²) >= 11 is 0. The summed E-state index contributed by atoms with van der Waals surface area (Å²) in [4.78, 5) is 5.27. The largest absolute Gasteiger partial charge is 0.312 e. The van der Waals surface area contributed by atoms with E-state index in [1.807, 2.05) is 0 Å². The molecule has 3 heteroatoms. The van der Waals surface area contributed by atoms with Crippen molar-refractivity contribution in [3.05, 3.63) is 0 Å². The Balaban J connectivity index is 1.95. The van der Waals surface area contributed by atoms with E-state index >= 15 is 0 Å². The molecule has 0 amide bonds. The van der Waals surface area contributed by atoms with Gasteiger partial charge in [-0.1, -0.05) is 13.8 Å². The van der Waals surface area contributed by atoms with Gasteiger partial charge >= 0.3 is 0 Å². The molecular weight excluding hydrogens is 234 g/mol. The standard InChI is InChI=1S/C16H33N3/c1-4-8-17-15-7-6-14(2)13-16(15)19-10-5-9-18(3)11-12-19/h14-17H,4-13H2,1-3H3. The first kappa shape index (κ1) is 15.3. The third-order valence-electron chi connectivity index (χ3n) is 4.96. The third kappa shape index (κ3) is 4.44. The minimum atomic E-state index is 0.736. The van der Waals surface area contributed by atoms with Gasteiger partial charge in [0.25, 0.3) is 0 Å². The van der Waals surface area contributed by atoms with Crippen molar-refractivity contribution in [1.29, 1.82) is 0 Å². The average Bonchev–Trinajstić information content (AvgIpc) is 2.62. The summed E-state index contributed by atoms with van der Waals surface area (Å²) in [5, 5.41) is 3.82. The topological polar surface area (TPSA) is 18.5 Å². The van der Waals surface area contributed by atoms with E-state index in [9.17, 15) is 0 Å². The highest BCUT2D eigenvalue weighted by molar-refractivity contribution is 4.91. The van der Waals surface area contributed by atoms with Gasteiger partial charge in [0, 0.05) is 25.2 Å². The first-order chi connectivity index (χ1) is 9.20. The lowest BCUT2D eigenvalue weighted by molar-refractivity contribution is 0.104. The fourth-order valence-corrected chi connectivity index (χ4v) is 3.72. The Bertz CT molecular complexity index is 254. The van der Waals surface area contributed by atoms with E-state index in [1.54, 1.807) is 0 Å².